The van der Waals surface area contributed by atoms with E-state index in [2.05, 4.69) is 25.6 Å². The number of allylic oxidation sites excluding steroid dienone is 1. The van der Waals surface area contributed by atoms with Crippen molar-refractivity contribution in [1.29, 1.82) is 0 Å². The van der Waals surface area contributed by atoms with Crippen LogP contribution < -0.4 is 4.74 Å². The van der Waals surface area contributed by atoms with E-state index in [0.717, 1.165) is 18.6 Å². The van der Waals surface area contributed by atoms with E-state index in [9.17, 15) is 0 Å². The fourth-order valence-corrected chi connectivity index (χ4v) is 1.78. The van der Waals surface area contributed by atoms with Crippen molar-refractivity contribution in [3.05, 3.63) is 42.5 Å². The molecule has 0 radical (unpaired) electrons. The first-order valence-electron chi connectivity index (χ1n) is 5.55. The SMILES string of the molecule is C=CC(C)(CCCO)c1ccc(OC)cc1. The first-order chi connectivity index (χ1) is 7.66. The smallest absolute Gasteiger partial charge is 0.118 e. The number of aliphatic hydroxyl groups excluding tert-OH is 1. The van der Waals surface area contributed by atoms with E-state index in [-0.39, 0.29) is 12.0 Å². The zero-order valence-corrected chi connectivity index (χ0v) is 10.1. The van der Waals surface area contributed by atoms with Crippen LogP contribution in [0, 0.1) is 0 Å². The predicted molar refractivity (Wildman–Crippen MR) is 66.9 cm³/mol. The molecule has 0 spiro atoms. The van der Waals surface area contributed by atoms with Crippen LogP contribution in [0.25, 0.3) is 0 Å². The Balaban J connectivity index is 2.89. The van der Waals surface area contributed by atoms with E-state index in [1.807, 2.05) is 18.2 Å². The topological polar surface area (TPSA) is 29.5 Å². The summed E-state index contributed by atoms with van der Waals surface area (Å²) < 4.78 is 5.13. The first kappa shape index (κ1) is 12.8. The van der Waals surface area contributed by atoms with Gasteiger partial charge in [-0.2, -0.15) is 0 Å². The third-order valence-electron chi connectivity index (χ3n) is 3.05. The van der Waals surface area contributed by atoms with Gasteiger partial charge in [0.15, 0.2) is 0 Å². The van der Waals surface area contributed by atoms with Gasteiger partial charge < -0.3 is 9.84 Å². The number of hydrogen-bond acceptors (Lipinski definition) is 2. The highest BCUT2D eigenvalue weighted by molar-refractivity contribution is 5.34. The quantitative estimate of drug-likeness (QED) is 0.747. The number of rotatable bonds is 6. The molecular weight excluding hydrogens is 200 g/mol. The van der Waals surface area contributed by atoms with Crippen LogP contribution >= 0.6 is 0 Å². The standard InChI is InChI=1S/C14H20O2/c1-4-14(2,10-5-11-15)12-6-8-13(16-3)9-7-12/h4,6-9,15H,1,5,10-11H2,2-3H3. The Hall–Kier alpha value is -1.28. The van der Waals surface area contributed by atoms with Gasteiger partial charge in [0.25, 0.3) is 0 Å². The molecule has 0 aliphatic carbocycles. The molecule has 0 aliphatic heterocycles. The van der Waals surface area contributed by atoms with Crippen LogP contribution in [-0.4, -0.2) is 18.8 Å². The molecule has 0 saturated heterocycles. The average Bonchev–Trinajstić information content (AvgIpc) is 2.36. The summed E-state index contributed by atoms with van der Waals surface area (Å²) in [4.78, 5) is 0. The highest BCUT2D eigenvalue weighted by atomic mass is 16.5. The van der Waals surface area contributed by atoms with Gasteiger partial charge in [-0.05, 0) is 30.5 Å². The zero-order chi connectivity index (χ0) is 12.0. The third kappa shape index (κ3) is 2.86. The van der Waals surface area contributed by atoms with E-state index in [1.165, 1.54) is 5.56 Å². The van der Waals surface area contributed by atoms with E-state index >= 15 is 0 Å². The largest absolute Gasteiger partial charge is 0.497 e. The summed E-state index contributed by atoms with van der Waals surface area (Å²) in [7, 11) is 1.66. The van der Waals surface area contributed by atoms with Crippen LogP contribution in [0.3, 0.4) is 0 Å². The molecule has 2 nitrogen and oxygen atoms in total. The molecule has 0 fully saturated rings. The Labute approximate surface area is 97.6 Å². The van der Waals surface area contributed by atoms with Gasteiger partial charge in [0, 0.05) is 12.0 Å². The Kier molecular flexibility index (Phi) is 4.56. The summed E-state index contributed by atoms with van der Waals surface area (Å²) in [6.45, 7) is 6.25. The summed E-state index contributed by atoms with van der Waals surface area (Å²) in [6, 6.07) is 8.02. The molecule has 0 amide bonds. The second-order valence-electron chi connectivity index (χ2n) is 4.18. The summed E-state index contributed by atoms with van der Waals surface area (Å²) in [5.41, 5.74) is 1.13. The van der Waals surface area contributed by atoms with Gasteiger partial charge in [0.1, 0.15) is 5.75 Å². The molecular formula is C14H20O2. The molecule has 0 aliphatic rings. The lowest BCUT2D eigenvalue weighted by Crippen LogP contribution is -2.19. The second kappa shape index (κ2) is 5.71. The first-order valence-corrected chi connectivity index (χ1v) is 5.55. The van der Waals surface area contributed by atoms with Gasteiger partial charge in [-0.25, -0.2) is 0 Å². The predicted octanol–water partition coefficient (Wildman–Crippen LogP) is 2.91. The van der Waals surface area contributed by atoms with E-state index in [1.54, 1.807) is 7.11 Å². The molecule has 0 saturated carbocycles. The van der Waals surface area contributed by atoms with Gasteiger partial charge >= 0.3 is 0 Å². The third-order valence-corrected chi connectivity index (χ3v) is 3.05. The van der Waals surface area contributed by atoms with Gasteiger partial charge in [0.2, 0.25) is 0 Å². The lowest BCUT2D eigenvalue weighted by Gasteiger charge is -2.26. The molecule has 1 unspecified atom stereocenters. The van der Waals surface area contributed by atoms with Gasteiger partial charge in [-0.3, -0.25) is 0 Å². The zero-order valence-electron chi connectivity index (χ0n) is 10.1. The second-order valence-corrected chi connectivity index (χ2v) is 4.18. The number of hydrogen-bond donors (Lipinski definition) is 1. The van der Waals surface area contributed by atoms with Crippen LogP contribution in [0.5, 0.6) is 5.75 Å². The minimum absolute atomic E-state index is 0.0744. The van der Waals surface area contributed by atoms with Crippen molar-refractivity contribution in [2.24, 2.45) is 0 Å². The van der Waals surface area contributed by atoms with E-state index in [0.29, 0.717) is 0 Å². The maximum atomic E-state index is 8.90. The van der Waals surface area contributed by atoms with Gasteiger partial charge in [0.05, 0.1) is 7.11 Å². The lowest BCUT2D eigenvalue weighted by atomic mass is 9.79. The van der Waals surface area contributed by atoms with E-state index in [4.69, 9.17) is 9.84 Å². The maximum absolute atomic E-state index is 8.90. The Morgan fingerprint density at radius 1 is 1.38 bits per heavy atom. The molecule has 16 heavy (non-hydrogen) atoms. The average molecular weight is 220 g/mol. The minimum Gasteiger partial charge on any atom is -0.497 e. The molecule has 88 valence electrons. The Bertz CT molecular complexity index is 329. The normalized spacial score (nSPS) is 14.2. The highest BCUT2D eigenvalue weighted by Gasteiger charge is 2.21. The van der Waals surface area contributed by atoms with Crippen molar-refractivity contribution in [3.8, 4) is 5.75 Å². The minimum atomic E-state index is -0.0744. The molecule has 0 aromatic heterocycles. The van der Waals surface area contributed by atoms with Gasteiger partial charge in [-0.15, -0.1) is 6.58 Å². The number of methoxy groups -OCH3 is 1. The van der Waals surface area contributed by atoms with Crippen LogP contribution in [-0.2, 0) is 5.41 Å². The fraction of sp³-hybridized carbons (Fsp3) is 0.429. The molecule has 1 rings (SSSR count). The molecule has 2 heteroatoms. The maximum Gasteiger partial charge on any atom is 0.118 e. The summed E-state index contributed by atoms with van der Waals surface area (Å²) >= 11 is 0. The fourth-order valence-electron chi connectivity index (χ4n) is 1.78. The van der Waals surface area contributed by atoms with Crippen molar-refractivity contribution in [3.63, 3.8) is 0 Å². The van der Waals surface area contributed by atoms with Crippen molar-refractivity contribution in [1.82, 2.24) is 0 Å². The van der Waals surface area contributed by atoms with E-state index < -0.39 is 0 Å². The highest BCUT2D eigenvalue weighted by Crippen LogP contribution is 2.31. The molecule has 1 aromatic carbocycles. The molecule has 0 bridgehead atoms. The number of ether oxygens (including phenoxy) is 1. The summed E-state index contributed by atoms with van der Waals surface area (Å²) in [6.07, 6.45) is 3.64. The Morgan fingerprint density at radius 2 is 2.00 bits per heavy atom. The molecule has 0 heterocycles. The Morgan fingerprint density at radius 3 is 2.44 bits per heavy atom. The van der Waals surface area contributed by atoms with Crippen LogP contribution in [0.15, 0.2) is 36.9 Å². The van der Waals surface area contributed by atoms with Crippen LogP contribution in [0.1, 0.15) is 25.3 Å². The summed E-state index contributed by atoms with van der Waals surface area (Å²) in [5, 5.41) is 8.90. The van der Waals surface area contributed by atoms with Crippen molar-refractivity contribution in [2.75, 3.05) is 13.7 Å². The number of benzene rings is 1. The van der Waals surface area contributed by atoms with Crippen molar-refractivity contribution < 1.29 is 9.84 Å². The van der Waals surface area contributed by atoms with Crippen molar-refractivity contribution in [2.45, 2.75) is 25.2 Å². The van der Waals surface area contributed by atoms with Crippen LogP contribution in [0.2, 0.25) is 0 Å². The van der Waals surface area contributed by atoms with Gasteiger partial charge in [-0.1, -0.05) is 25.1 Å². The molecule has 1 atom stereocenters. The van der Waals surface area contributed by atoms with Crippen molar-refractivity contribution >= 4 is 0 Å². The lowest BCUT2D eigenvalue weighted by molar-refractivity contribution is 0.273. The monoisotopic (exact) mass is 220 g/mol. The summed E-state index contributed by atoms with van der Waals surface area (Å²) in [5.74, 6) is 0.859. The van der Waals surface area contributed by atoms with Crippen LogP contribution in [0.4, 0.5) is 0 Å². The molecule has 1 N–H and O–H groups in total. The number of aliphatic hydroxyl groups is 1. The molecule has 1 aromatic rings.